The predicted molar refractivity (Wildman–Crippen MR) is 50.3 cm³/mol. The molecule has 0 bridgehead atoms. The molecule has 0 saturated heterocycles. The van der Waals surface area contributed by atoms with E-state index in [4.69, 9.17) is 9.42 Å². The molecule has 0 aromatic carbocycles. The summed E-state index contributed by atoms with van der Waals surface area (Å²) in [6.45, 7) is 0. The molecule has 2 aliphatic rings. The van der Waals surface area contributed by atoms with Crippen molar-refractivity contribution >= 4 is 9.42 Å². The molecule has 0 spiro atoms. The van der Waals surface area contributed by atoms with Crippen molar-refractivity contribution in [3.8, 4) is 0 Å². The van der Waals surface area contributed by atoms with Gasteiger partial charge in [-0.2, -0.15) is 0 Å². The van der Waals surface area contributed by atoms with Crippen molar-refractivity contribution in [2.75, 3.05) is 0 Å². The summed E-state index contributed by atoms with van der Waals surface area (Å²) in [6, 6.07) is 0. The van der Waals surface area contributed by atoms with E-state index < -0.39 is 16.3 Å². The number of hydrogen-bond acceptors (Lipinski definition) is 0. The Hall–Kier alpha value is 0.978. The molecule has 0 atom stereocenters. The molecule has 2 heteroatoms. The summed E-state index contributed by atoms with van der Waals surface area (Å²) in [5, 5.41) is 0. The molecule has 2 rings (SSSR count). The van der Waals surface area contributed by atoms with Crippen molar-refractivity contribution in [1.29, 1.82) is 0 Å². The van der Waals surface area contributed by atoms with Gasteiger partial charge in [-0.1, -0.05) is 0 Å². The SMILES string of the molecule is [Cl][Mo]([CH]1CCCC1)[CH]1CCCC1. The molecule has 2 fully saturated rings. The Kier molecular flexibility index (Phi) is 3.55. The molecule has 71 valence electrons. The van der Waals surface area contributed by atoms with E-state index in [2.05, 4.69) is 0 Å². The Bertz CT molecular complexity index is 121. The third-order valence-corrected chi connectivity index (χ3v) is 11.7. The average Bonchev–Trinajstić information content (AvgIpc) is 2.77. The Balaban J connectivity index is 1.84. The molecule has 0 aliphatic heterocycles. The third-order valence-electron chi connectivity index (χ3n) is 3.24. The van der Waals surface area contributed by atoms with Gasteiger partial charge < -0.3 is 0 Å². The first-order valence-corrected chi connectivity index (χ1v) is 10.2. The van der Waals surface area contributed by atoms with Gasteiger partial charge in [0.2, 0.25) is 0 Å². The molecule has 12 heavy (non-hydrogen) atoms. The maximum atomic E-state index is 6.66. The molecule has 0 unspecified atom stereocenters. The maximum absolute atomic E-state index is 6.66. The van der Waals surface area contributed by atoms with Crippen LogP contribution in [0.5, 0.6) is 0 Å². The molecule has 2 saturated carbocycles. The molecule has 0 aromatic rings. The van der Waals surface area contributed by atoms with Crippen molar-refractivity contribution < 1.29 is 16.3 Å². The second kappa shape index (κ2) is 4.47. The third kappa shape index (κ3) is 2.07. The quantitative estimate of drug-likeness (QED) is 0.648. The fraction of sp³-hybridized carbons (Fsp3) is 1.00. The van der Waals surface area contributed by atoms with Gasteiger partial charge in [0.05, 0.1) is 0 Å². The fourth-order valence-electron chi connectivity index (χ4n) is 2.50. The Morgan fingerprint density at radius 2 is 1.08 bits per heavy atom. The van der Waals surface area contributed by atoms with Crippen LogP contribution in [0.15, 0.2) is 0 Å². The molecule has 0 radical (unpaired) electrons. The average molecular weight is 270 g/mol. The Morgan fingerprint density at radius 1 is 0.750 bits per heavy atom. The second-order valence-corrected chi connectivity index (χ2v) is 11.1. The van der Waals surface area contributed by atoms with Gasteiger partial charge in [-0.25, -0.2) is 0 Å². The summed E-state index contributed by atoms with van der Waals surface area (Å²) >= 11 is -1.14. The van der Waals surface area contributed by atoms with E-state index in [0.717, 1.165) is 8.62 Å². The Morgan fingerprint density at radius 3 is 1.42 bits per heavy atom. The van der Waals surface area contributed by atoms with Crippen LogP contribution < -0.4 is 0 Å². The summed E-state index contributed by atoms with van der Waals surface area (Å²) in [5.41, 5.74) is 0. The van der Waals surface area contributed by atoms with Crippen molar-refractivity contribution in [2.24, 2.45) is 0 Å². The van der Waals surface area contributed by atoms with Gasteiger partial charge in [0, 0.05) is 0 Å². The van der Waals surface area contributed by atoms with Gasteiger partial charge in [-0.15, -0.1) is 0 Å². The minimum atomic E-state index is -1.14. The van der Waals surface area contributed by atoms with E-state index in [1.54, 1.807) is 0 Å². The number of rotatable bonds is 2. The molecule has 0 N–H and O–H groups in total. The van der Waals surface area contributed by atoms with Crippen LogP contribution in [-0.4, -0.2) is 0 Å². The molecule has 0 nitrogen and oxygen atoms in total. The summed E-state index contributed by atoms with van der Waals surface area (Å²) in [7, 11) is 6.66. The van der Waals surface area contributed by atoms with Gasteiger partial charge in [0.1, 0.15) is 0 Å². The standard InChI is InChI=1S/2C5H9.ClH.Mo/c2*1-2-4-5-3-1;;/h2*1H,2-5H2;1H;/q;;;+1/p-1. The van der Waals surface area contributed by atoms with Gasteiger partial charge in [-0.05, 0) is 0 Å². The van der Waals surface area contributed by atoms with Crippen LogP contribution in [-0.2, 0) is 16.3 Å². The van der Waals surface area contributed by atoms with Crippen molar-refractivity contribution in [1.82, 2.24) is 0 Å². The van der Waals surface area contributed by atoms with E-state index >= 15 is 0 Å². The summed E-state index contributed by atoms with van der Waals surface area (Å²) in [4.78, 5) is 0. The molecule has 2 aliphatic carbocycles. The Labute approximate surface area is 85.5 Å². The van der Waals surface area contributed by atoms with Gasteiger partial charge in [0.15, 0.2) is 0 Å². The van der Waals surface area contributed by atoms with E-state index in [1.165, 1.54) is 51.4 Å². The van der Waals surface area contributed by atoms with Crippen molar-refractivity contribution in [3.63, 3.8) is 0 Å². The zero-order valence-corrected chi connectivity index (χ0v) is 10.4. The van der Waals surface area contributed by atoms with E-state index in [1.807, 2.05) is 0 Å². The normalized spacial score (nSPS) is 27.5. The topological polar surface area (TPSA) is 0 Å². The molecular formula is C10H18ClMo. The zero-order valence-electron chi connectivity index (χ0n) is 7.60. The minimum absolute atomic E-state index is 1.04. The molecular weight excluding hydrogens is 252 g/mol. The van der Waals surface area contributed by atoms with Crippen LogP contribution in [0.1, 0.15) is 51.4 Å². The van der Waals surface area contributed by atoms with Crippen LogP contribution in [0.25, 0.3) is 0 Å². The van der Waals surface area contributed by atoms with Crippen LogP contribution >= 0.6 is 9.42 Å². The van der Waals surface area contributed by atoms with Crippen LogP contribution in [0.2, 0.25) is 8.62 Å². The zero-order chi connectivity index (χ0) is 8.39. The van der Waals surface area contributed by atoms with Crippen LogP contribution in [0.4, 0.5) is 0 Å². The van der Waals surface area contributed by atoms with Crippen LogP contribution in [0, 0.1) is 0 Å². The number of hydrogen-bond donors (Lipinski definition) is 0. The first kappa shape index (κ1) is 9.53. The van der Waals surface area contributed by atoms with E-state index in [9.17, 15) is 0 Å². The summed E-state index contributed by atoms with van der Waals surface area (Å²) in [5.74, 6) is 0. The monoisotopic (exact) mass is 271 g/mol. The van der Waals surface area contributed by atoms with Crippen LogP contribution in [0.3, 0.4) is 0 Å². The molecule has 0 heterocycles. The van der Waals surface area contributed by atoms with E-state index in [0.29, 0.717) is 0 Å². The second-order valence-electron chi connectivity index (χ2n) is 4.13. The van der Waals surface area contributed by atoms with Gasteiger partial charge in [0.25, 0.3) is 0 Å². The molecule has 0 aromatic heterocycles. The molecule has 0 amide bonds. The first-order chi connectivity index (χ1) is 5.88. The fourth-order valence-corrected chi connectivity index (χ4v) is 9.80. The first-order valence-electron chi connectivity index (χ1n) is 5.26. The predicted octanol–water partition coefficient (Wildman–Crippen LogP) is 4.48. The van der Waals surface area contributed by atoms with Gasteiger partial charge >= 0.3 is 85.7 Å². The van der Waals surface area contributed by atoms with Crippen molar-refractivity contribution in [3.05, 3.63) is 0 Å². The number of halogens is 1. The van der Waals surface area contributed by atoms with Crippen molar-refractivity contribution in [2.45, 2.75) is 60.0 Å². The summed E-state index contributed by atoms with van der Waals surface area (Å²) in [6.07, 6.45) is 11.8. The van der Waals surface area contributed by atoms with E-state index in [-0.39, 0.29) is 0 Å². The summed E-state index contributed by atoms with van der Waals surface area (Å²) < 4.78 is 2.08. The van der Waals surface area contributed by atoms with Gasteiger partial charge in [-0.3, -0.25) is 0 Å².